The highest BCUT2D eigenvalue weighted by molar-refractivity contribution is 7.89. The molecule has 0 spiro atoms. The maximum atomic E-state index is 12.3. The van der Waals surface area contributed by atoms with E-state index in [-0.39, 0.29) is 10.8 Å². The maximum absolute atomic E-state index is 12.3. The van der Waals surface area contributed by atoms with Gasteiger partial charge in [-0.25, -0.2) is 13.1 Å². The van der Waals surface area contributed by atoms with E-state index < -0.39 is 10.0 Å². The summed E-state index contributed by atoms with van der Waals surface area (Å²) in [5, 5.41) is 2.84. The fourth-order valence-electron chi connectivity index (χ4n) is 2.53. The zero-order chi connectivity index (χ0) is 18.1. The van der Waals surface area contributed by atoms with Crippen molar-refractivity contribution in [1.29, 1.82) is 0 Å². The third-order valence-electron chi connectivity index (χ3n) is 4.05. The van der Waals surface area contributed by atoms with Crippen LogP contribution in [0.1, 0.15) is 30.1 Å². The van der Waals surface area contributed by atoms with Crippen molar-refractivity contribution in [3.05, 3.63) is 29.8 Å². The van der Waals surface area contributed by atoms with E-state index in [4.69, 9.17) is 4.74 Å². The first kappa shape index (κ1) is 19.8. The van der Waals surface area contributed by atoms with Crippen LogP contribution in [-0.4, -0.2) is 65.2 Å². The van der Waals surface area contributed by atoms with Gasteiger partial charge >= 0.3 is 0 Å². The van der Waals surface area contributed by atoms with E-state index in [1.165, 1.54) is 12.1 Å². The fraction of sp³-hybridized carbons (Fsp3) is 0.588. The molecule has 2 rings (SSSR count). The predicted octanol–water partition coefficient (Wildman–Crippen LogP) is 0.827. The van der Waals surface area contributed by atoms with Gasteiger partial charge in [-0.1, -0.05) is 19.4 Å². The van der Waals surface area contributed by atoms with Gasteiger partial charge in [-0.3, -0.25) is 9.69 Å². The van der Waals surface area contributed by atoms with E-state index in [9.17, 15) is 13.2 Å². The van der Waals surface area contributed by atoms with Crippen LogP contribution in [0.2, 0.25) is 0 Å². The van der Waals surface area contributed by atoms with Crippen LogP contribution in [0.5, 0.6) is 0 Å². The molecule has 2 N–H and O–H groups in total. The summed E-state index contributed by atoms with van der Waals surface area (Å²) in [7, 11) is -3.58. The van der Waals surface area contributed by atoms with Crippen molar-refractivity contribution in [3.8, 4) is 0 Å². The van der Waals surface area contributed by atoms with Crippen LogP contribution in [0.25, 0.3) is 0 Å². The minimum atomic E-state index is -3.58. The second-order valence-electron chi connectivity index (χ2n) is 5.99. The molecule has 0 aromatic heterocycles. The molecule has 0 unspecified atom stereocenters. The van der Waals surface area contributed by atoms with E-state index in [1.54, 1.807) is 12.1 Å². The van der Waals surface area contributed by atoms with Gasteiger partial charge in [0.25, 0.3) is 5.91 Å². The van der Waals surface area contributed by atoms with Crippen LogP contribution >= 0.6 is 0 Å². The largest absolute Gasteiger partial charge is 0.379 e. The molecule has 0 saturated carbocycles. The van der Waals surface area contributed by atoms with Crippen LogP contribution in [0, 0.1) is 0 Å². The minimum Gasteiger partial charge on any atom is -0.379 e. The lowest BCUT2D eigenvalue weighted by molar-refractivity contribution is 0.0383. The highest BCUT2D eigenvalue weighted by atomic mass is 32.2. The Kier molecular flexibility index (Phi) is 7.83. The Hall–Kier alpha value is -1.48. The number of sulfonamides is 1. The average Bonchev–Trinajstić information content (AvgIpc) is 2.63. The Balaban J connectivity index is 1.89. The molecule has 1 aliphatic heterocycles. The molecule has 1 aromatic rings. The summed E-state index contributed by atoms with van der Waals surface area (Å²) in [6, 6.07) is 6.12. The normalized spacial score (nSPS) is 15.9. The summed E-state index contributed by atoms with van der Waals surface area (Å²) in [6.45, 7) is 6.85. The molecule has 1 amide bonds. The molecule has 25 heavy (non-hydrogen) atoms. The van der Waals surface area contributed by atoms with Crippen molar-refractivity contribution in [2.24, 2.45) is 0 Å². The number of nitrogens with zero attached hydrogens (tertiary/aromatic N) is 1. The number of unbranched alkanes of at least 4 members (excludes halogenated alkanes) is 1. The standard InChI is InChI=1S/C17H27N3O4S/c1-2-3-7-19-25(22,23)16-6-4-5-15(14-16)17(21)18-8-9-20-10-12-24-13-11-20/h4-6,14,19H,2-3,7-13H2,1H3,(H,18,21). The van der Waals surface area contributed by atoms with Gasteiger partial charge in [0.1, 0.15) is 0 Å². The number of carbonyl (C=O) groups excluding carboxylic acids is 1. The minimum absolute atomic E-state index is 0.115. The molecule has 1 aliphatic rings. The van der Waals surface area contributed by atoms with Gasteiger partial charge in [0.2, 0.25) is 10.0 Å². The number of carbonyl (C=O) groups is 1. The highest BCUT2D eigenvalue weighted by Crippen LogP contribution is 2.11. The lowest BCUT2D eigenvalue weighted by Crippen LogP contribution is -2.41. The molecule has 0 radical (unpaired) electrons. The average molecular weight is 369 g/mol. The molecule has 1 aromatic carbocycles. The summed E-state index contributed by atoms with van der Waals surface area (Å²) in [6.07, 6.45) is 1.69. The van der Waals surface area contributed by atoms with Crippen molar-refractivity contribution in [2.45, 2.75) is 24.7 Å². The Morgan fingerprint density at radius 2 is 2.00 bits per heavy atom. The second kappa shape index (κ2) is 9.86. The number of amides is 1. The molecule has 1 fully saturated rings. The summed E-state index contributed by atoms with van der Waals surface area (Å²) >= 11 is 0. The SMILES string of the molecule is CCCCNS(=O)(=O)c1cccc(C(=O)NCCN2CCOCC2)c1. The topological polar surface area (TPSA) is 87.7 Å². The number of rotatable bonds is 9. The molecular formula is C17H27N3O4S. The van der Waals surface area contributed by atoms with E-state index in [2.05, 4.69) is 14.9 Å². The molecule has 0 atom stereocenters. The van der Waals surface area contributed by atoms with Gasteiger partial charge in [-0.15, -0.1) is 0 Å². The lowest BCUT2D eigenvalue weighted by Gasteiger charge is -2.26. The first-order valence-corrected chi connectivity index (χ1v) is 10.2. The molecule has 140 valence electrons. The Morgan fingerprint density at radius 3 is 2.72 bits per heavy atom. The Labute approximate surface area is 149 Å². The van der Waals surface area contributed by atoms with E-state index in [1.807, 2.05) is 6.92 Å². The fourth-order valence-corrected chi connectivity index (χ4v) is 3.65. The van der Waals surface area contributed by atoms with E-state index >= 15 is 0 Å². The van der Waals surface area contributed by atoms with Crippen molar-refractivity contribution < 1.29 is 17.9 Å². The number of nitrogens with one attached hydrogen (secondary N) is 2. The number of ether oxygens (including phenoxy) is 1. The van der Waals surface area contributed by atoms with Gasteiger partial charge in [0, 0.05) is 38.3 Å². The molecule has 1 saturated heterocycles. The zero-order valence-electron chi connectivity index (χ0n) is 14.7. The molecule has 7 nitrogen and oxygen atoms in total. The van der Waals surface area contributed by atoms with Gasteiger partial charge in [-0.05, 0) is 24.6 Å². The van der Waals surface area contributed by atoms with Crippen LogP contribution in [0.4, 0.5) is 0 Å². The first-order valence-electron chi connectivity index (χ1n) is 8.71. The zero-order valence-corrected chi connectivity index (χ0v) is 15.5. The third-order valence-corrected chi connectivity index (χ3v) is 5.50. The number of hydrogen-bond donors (Lipinski definition) is 2. The first-order chi connectivity index (χ1) is 12.0. The van der Waals surface area contributed by atoms with Crippen molar-refractivity contribution in [1.82, 2.24) is 14.9 Å². The van der Waals surface area contributed by atoms with Crippen molar-refractivity contribution in [3.63, 3.8) is 0 Å². The number of hydrogen-bond acceptors (Lipinski definition) is 5. The van der Waals surface area contributed by atoms with Gasteiger partial charge in [-0.2, -0.15) is 0 Å². The number of benzene rings is 1. The lowest BCUT2D eigenvalue weighted by atomic mass is 10.2. The molecular weight excluding hydrogens is 342 g/mol. The van der Waals surface area contributed by atoms with Crippen LogP contribution < -0.4 is 10.0 Å². The van der Waals surface area contributed by atoms with Crippen LogP contribution in [-0.2, 0) is 14.8 Å². The van der Waals surface area contributed by atoms with E-state index in [0.29, 0.717) is 18.7 Å². The Bertz CT molecular complexity index is 658. The van der Waals surface area contributed by atoms with Crippen LogP contribution in [0.15, 0.2) is 29.2 Å². The number of morpholine rings is 1. The summed E-state index contributed by atoms with van der Waals surface area (Å²) in [4.78, 5) is 14.6. The molecule has 0 bridgehead atoms. The summed E-state index contributed by atoms with van der Waals surface area (Å²) in [5.41, 5.74) is 0.348. The highest BCUT2D eigenvalue weighted by Gasteiger charge is 2.16. The predicted molar refractivity (Wildman–Crippen MR) is 96.1 cm³/mol. The molecule has 0 aliphatic carbocycles. The third kappa shape index (κ3) is 6.39. The van der Waals surface area contributed by atoms with Gasteiger partial charge in [0.15, 0.2) is 0 Å². The monoisotopic (exact) mass is 369 g/mol. The summed E-state index contributed by atoms with van der Waals surface area (Å²) < 4.78 is 32.3. The quantitative estimate of drug-likeness (QED) is 0.630. The Morgan fingerprint density at radius 1 is 1.24 bits per heavy atom. The second-order valence-corrected chi connectivity index (χ2v) is 7.76. The van der Waals surface area contributed by atoms with Gasteiger partial charge < -0.3 is 10.1 Å². The van der Waals surface area contributed by atoms with Gasteiger partial charge in [0.05, 0.1) is 18.1 Å². The molecule has 8 heteroatoms. The maximum Gasteiger partial charge on any atom is 0.251 e. The molecule has 1 heterocycles. The van der Waals surface area contributed by atoms with Crippen molar-refractivity contribution in [2.75, 3.05) is 45.9 Å². The smallest absolute Gasteiger partial charge is 0.251 e. The van der Waals surface area contributed by atoms with Crippen LogP contribution in [0.3, 0.4) is 0 Å². The van der Waals surface area contributed by atoms with E-state index in [0.717, 1.165) is 45.7 Å². The summed E-state index contributed by atoms with van der Waals surface area (Å²) in [5.74, 6) is -0.265. The van der Waals surface area contributed by atoms with Crippen molar-refractivity contribution >= 4 is 15.9 Å².